The topological polar surface area (TPSA) is 67.4 Å². The average molecular weight is 514 g/mol. The number of aromatic nitrogens is 2. The summed E-state index contributed by atoms with van der Waals surface area (Å²) in [5.41, 5.74) is 9.31. The fraction of sp³-hybridized carbons (Fsp3) is 0.562. The lowest BCUT2D eigenvalue weighted by Crippen LogP contribution is -2.55. The summed E-state index contributed by atoms with van der Waals surface area (Å²) in [4.78, 5) is 22.6. The molecule has 38 heavy (non-hydrogen) atoms. The number of para-hydroxylation sites is 2. The van der Waals surface area contributed by atoms with Crippen LogP contribution in [-0.2, 0) is 10.2 Å². The number of piperidine rings is 2. The first-order chi connectivity index (χ1) is 18.2. The Hall–Kier alpha value is -2.70. The van der Waals surface area contributed by atoms with E-state index in [9.17, 15) is 4.79 Å². The summed E-state index contributed by atoms with van der Waals surface area (Å²) < 4.78 is 2.52. The number of likely N-dealkylation sites (tertiary alicyclic amines) is 1. The predicted octanol–water partition coefficient (Wildman–Crippen LogP) is 5.20. The molecular weight excluding hydrogens is 470 g/mol. The molecule has 2 N–H and O–H groups in total. The normalized spacial score (nSPS) is 25.7. The van der Waals surface area contributed by atoms with Gasteiger partial charge in [-0.3, -0.25) is 9.69 Å². The number of carbonyl (C=O) groups is 1. The maximum atomic E-state index is 12.9. The number of carbonyl (C=O) groups excluding carboxylic acids is 1. The Balaban J connectivity index is 1.17. The van der Waals surface area contributed by atoms with Gasteiger partial charge in [-0.2, -0.15) is 0 Å². The van der Waals surface area contributed by atoms with Crippen LogP contribution >= 0.6 is 0 Å². The van der Waals surface area contributed by atoms with E-state index >= 15 is 0 Å². The van der Waals surface area contributed by atoms with Gasteiger partial charge in [-0.05, 0) is 95.4 Å². The summed E-state index contributed by atoms with van der Waals surface area (Å²) in [6.07, 6.45) is 8.19. The zero-order valence-corrected chi connectivity index (χ0v) is 23.3. The third-order valence-corrected chi connectivity index (χ3v) is 9.79. The van der Waals surface area contributed by atoms with Crippen LogP contribution in [0.15, 0.2) is 54.6 Å². The Morgan fingerprint density at radius 1 is 0.974 bits per heavy atom. The van der Waals surface area contributed by atoms with Crippen molar-refractivity contribution in [2.45, 2.75) is 94.8 Å². The number of nitrogens with two attached hydrogens (primary N) is 1. The molecule has 6 heteroatoms. The van der Waals surface area contributed by atoms with Crippen molar-refractivity contribution in [1.29, 1.82) is 0 Å². The highest BCUT2D eigenvalue weighted by atomic mass is 16.2. The highest BCUT2D eigenvalue weighted by Crippen LogP contribution is 2.45. The molecule has 2 aromatic carbocycles. The van der Waals surface area contributed by atoms with Crippen molar-refractivity contribution in [1.82, 2.24) is 19.4 Å². The van der Waals surface area contributed by atoms with Gasteiger partial charge in [0.15, 0.2) is 0 Å². The second kappa shape index (κ2) is 9.80. The molecule has 0 saturated carbocycles. The Morgan fingerprint density at radius 3 is 2.26 bits per heavy atom. The molecule has 0 aliphatic carbocycles. The fourth-order valence-corrected chi connectivity index (χ4v) is 7.81. The molecule has 202 valence electrons. The summed E-state index contributed by atoms with van der Waals surface area (Å²) >= 11 is 0. The van der Waals surface area contributed by atoms with Crippen molar-refractivity contribution in [3.63, 3.8) is 0 Å². The van der Waals surface area contributed by atoms with Gasteiger partial charge in [0, 0.05) is 31.2 Å². The molecule has 1 amide bonds. The number of imidazole rings is 1. The van der Waals surface area contributed by atoms with Gasteiger partial charge in [0.2, 0.25) is 5.91 Å². The Morgan fingerprint density at radius 2 is 1.61 bits per heavy atom. The summed E-state index contributed by atoms with van der Waals surface area (Å²) in [5.74, 6) is 1.22. The molecule has 3 aliphatic heterocycles. The Bertz CT molecular complexity index is 1270. The van der Waals surface area contributed by atoms with Crippen LogP contribution in [0.5, 0.6) is 0 Å². The largest absolute Gasteiger partial charge is 0.341 e. The summed E-state index contributed by atoms with van der Waals surface area (Å²) in [5, 5.41) is 0. The SMILES string of the molecule is Cc1nc2ccccc2n1C1C[C@H]2CC[C@@H](C1)N2CCC1(c2ccccc2)CCN(C(=O)C(C)(C)N)CC1. The molecule has 3 saturated heterocycles. The molecular formula is C32H43N5O. The molecule has 3 aliphatic rings. The van der Waals surface area contributed by atoms with Gasteiger partial charge in [-0.1, -0.05) is 42.5 Å². The molecule has 1 aromatic heterocycles. The number of rotatable bonds is 6. The number of hydrogen-bond donors (Lipinski definition) is 1. The minimum absolute atomic E-state index is 0.0709. The molecule has 3 atom stereocenters. The molecule has 3 fully saturated rings. The van der Waals surface area contributed by atoms with E-state index in [2.05, 4.69) is 71.0 Å². The van der Waals surface area contributed by atoms with Crippen LogP contribution in [0.4, 0.5) is 0 Å². The summed E-state index contributed by atoms with van der Waals surface area (Å²) in [6.45, 7) is 8.52. The molecule has 0 radical (unpaired) electrons. The van der Waals surface area contributed by atoms with E-state index in [1.54, 1.807) is 0 Å². The molecule has 3 aromatic rings. The smallest absolute Gasteiger partial charge is 0.242 e. The van der Waals surface area contributed by atoms with Crippen LogP contribution in [-0.4, -0.2) is 62.5 Å². The van der Waals surface area contributed by atoms with Crippen molar-refractivity contribution in [2.24, 2.45) is 5.73 Å². The van der Waals surface area contributed by atoms with Crippen LogP contribution in [0.25, 0.3) is 11.0 Å². The van der Waals surface area contributed by atoms with Gasteiger partial charge in [-0.15, -0.1) is 0 Å². The van der Waals surface area contributed by atoms with Crippen LogP contribution in [0.1, 0.15) is 76.2 Å². The first-order valence-corrected chi connectivity index (χ1v) is 14.6. The van der Waals surface area contributed by atoms with E-state index < -0.39 is 5.54 Å². The molecule has 6 nitrogen and oxygen atoms in total. The van der Waals surface area contributed by atoms with Crippen molar-refractivity contribution in [3.8, 4) is 0 Å². The molecule has 4 heterocycles. The van der Waals surface area contributed by atoms with E-state index in [-0.39, 0.29) is 11.3 Å². The maximum absolute atomic E-state index is 12.9. The van der Waals surface area contributed by atoms with Gasteiger partial charge in [0.1, 0.15) is 5.82 Å². The van der Waals surface area contributed by atoms with Crippen LogP contribution in [0.2, 0.25) is 0 Å². The maximum Gasteiger partial charge on any atom is 0.242 e. The van der Waals surface area contributed by atoms with E-state index in [4.69, 9.17) is 10.7 Å². The first kappa shape index (κ1) is 25.6. The standard InChI is InChI=1S/C32H43N5O/c1-23-34-28-11-7-8-12-29(28)37(23)27-21-25-13-14-26(22-27)36(25)20-17-32(24-9-5-4-6-10-24)15-18-35(19-16-32)30(38)31(2,3)33/h4-12,25-27H,13-22,33H2,1-3H3/t25-,26+,27?. The van der Waals surface area contributed by atoms with Gasteiger partial charge in [0.25, 0.3) is 0 Å². The number of amides is 1. The number of aryl methyl sites for hydroxylation is 1. The van der Waals surface area contributed by atoms with Crippen molar-refractivity contribution >= 4 is 16.9 Å². The van der Waals surface area contributed by atoms with Crippen LogP contribution in [0.3, 0.4) is 0 Å². The number of nitrogens with zero attached hydrogens (tertiary/aromatic N) is 4. The van der Waals surface area contributed by atoms with Crippen molar-refractivity contribution in [2.75, 3.05) is 19.6 Å². The average Bonchev–Trinajstić information content (AvgIpc) is 3.38. The van der Waals surface area contributed by atoms with E-state index in [1.165, 1.54) is 36.8 Å². The van der Waals surface area contributed by atoms with E-state index in [1.807, 2.05) is 18.7 Å². The summed E-state index contributed by atoms with van der Waals surface area (Å²) in [6, 6.07) is 21.5. The molecule has 2 bridgehead atoms. The molecule has 1 unspecified atom stereocenters. The van der Waals surface area contributed by atoms with Crippen LogP contribution < -0.4 is 5.73 Å². The van der Waals surface area contributed by atoms with Crippen LogP contribution in [0, 0.1) is 6.92 Å². The highest BCUT2D eigenvalue weighted by Gasteiger charge is 2.44. The Labute approximate surface area is 227 Å². The lowest BCUT2D eigenvalue weighted by Gasteiger charge is -2.46. The number of fused-ring (bicyclic) bond motifs is 3. The molecule has 6 rings (SSSR count). The summed E-state index contributed by atoms with van der Waals surface area (Å²) in [7, 11) is 0. The molecule has 0 spiro atoms. The zero-order valence-electron chi connectivity index (χ0n) is 23.3. The second-order valence-electron chi connectivity index (χ2n) is 12.7. The number of benzene rings is 2. The number of hydrogen-bond acceptors (Lipinski definition) is 4. The second-order valence-corrected chi connectivity index (χ2v) is 12.7. The van der Waals surface area contributed by atoms with Gasteiger partial charge < -0.3 is 15.2 Å². The highest BCUT2D eigenvalue weighted by molar-refractivity contribution is 5.85. The lowest BCUT2D eigenvalue weighted by atomic mass is 9.70. The van der Waals surface area contributed by atoms with Gasteiger partial charge in [0.05, 0.1) is 16.6 Å². The monoisotopic (exact) mass is 513 g/mol. The van der Waals surface area contributed by atoms with Crippen molar-refractivity contribution in [3.05, 3.63) is 66.0 Å². The van der Waals surface area contributed by atoms with E-state index in [0.29, 0.717) is 18.1 Å². The third kappa shape index (κ3) is 4.56. The van der Waals surface area contributed by atoms with Gasteiger partial charge in [-0.25, -0.2) is 4.98 Å². The minimum atomic E-state index is -0.810. The predicted molar refractivity (Wildman–Crippen MR) is 153 cm³/mol. The third-order valence-electron chi connectivity index (χ3n) is 9.79. The Kier molecular flexibility index (Phi) is 6.59. The first-order valence-electron chi connectivity index (χ1n) is 14.6. The van der Waals surface area contributed by atoms with E-state index in [0.717, 1.165) is 50.2 Å². The zero-order chi connectivity index (χ0) is 26.5. The quantitative estimate of drug-likeness (QED) is 0.492. The van der Waals surface area contributed by atoms with Crippen molar-refractivity contribution < 1.29 is 4.79 Å². The van der Waals surface area contributed by atoms with Gasteiger partial charge >= 0.3 is 0 Å². The fourth-order valence-electron chi connectivity index (χ4n) is 7.81. The minimum Gasteiger partial charge on any atom is -0.341 e. The lowest BCUT2D eigenvalue weighted by molar-refractivity contribution is -0.137.